The Morgan fingerprint density at radius 3 is 2.10 bits per heavy atom. The topological polar surface area (TPSA) is 38.9 Å². The second kappa shape index (κ2) is 11.3. The third kappa shape index (κ3) is 4.55. The highest BCUT2D eigenvalue weighted by molar-refractivity contribution is 7.26. The summed E-state index contributed by atoms with van der Waals surface area (Å²) in [6, 6.07) is 46.0. The van der Waals surface area contributed by atoms with E-state index >= 15 is 0 Å². The van der Waals surface area contributed by atoms with Crippen LogP contribution in [-0.2, 0) is 0 Å². The van der Waals surface area contributed by atoms with Crippen LogP contribution in [0.15, 0.2) is 156 Å². The van der Waals surface area contributed by atoms with Crippen LogP contribution >= 0.6 is 22.7 Å². The van der Waals surface area contributed by atoms with Crippen LogP contribution in [0.4, 0.5) is 0 Å². The maximum Gasteiger partial charge on any atom is 0.180 e. The van der Waals surface area contributed by atoms with Gasteiger partial charge in [0.1, 0.15) is 23.1 Å². The van der Waals surface area contributed by atoms with Crippen molar-refractivity contribution in [2.75, 3.05) is 0 Å². The van der Waals surface area contributed by atoms with Crippen LogP contribution in [0.3, 0.4) is 0 Å². The number of allylic oxidation sites excluding steroid dienone is 4. The summed E-state index contributed by atoms with van der Waals surface area (Å²) in [4.78, 5) is 9.55. The molecule has 0 bridgehead atoms. The van der Waals surface area contributed by atoms with Crippen molar-refractivity contribution in [3.05, 3.63) is 163 Å². The van der Waals surface area contributed by atoms with E-state index in [2.05, 4.69) is 146 Å². The lowest BCUT2D eigenvalue weighted by atomic mass is 9.84. The molecule has 1 unspecified atom stereocenters. The molecule has 1 aliphatic carbocycles. The average molecular weight is 689 g/mol. The van der Waals surface area contributed by atoms with Gasteiger partial charge >= 0.3 is 0 Å². The van der Waals surface area contributed by atoms with Gasteiger partial charge in [0.2, 0.25) is 0 Å². The molecule has 0 saturated carbocycles. The summed E-state index contributed by atoms with van der Waals surface area (Å²) >= 11 is 3.74. The standard InChI is InChI=1S/C46H28N2OS2/c1-3-19-40-34(13-1)36-17-7-15-32(45(36)50-40)29-11-5-9-27(23-29)28-10-6-12-31(24-28)42-44-43(48-26-47-42)38-25-30(21-22-39(38)49-44)33-16-8-18-37-35-14-2-4-20-41(35)51-46(33)37/h1-22,24-27H,23H2. The molecule has 0 saturated heterocycles. The van der Waals surface area contributed by atoms with E-state index in [1.54, 1.807) is 6.33 Å². The molecule has 0 aliphatic heterocycles. The Morgan fingerprint density at radius 2 is 1.29 bits per heavy atom. The summed E-state index contributed by atoms with van der Waals surface area (Å²) < 4.78 is 11.9. The molecule has 1 aliphatic rings. The normalized spacial score (nSPS) is 14.8. The SMILES string of the molecule is C1=CC(c2cccc(-c3ncnc4c3oc3ccc(-c5cccc6c5sc5ccccc56)cc34)c2)CC(c2cccc3c2sc2ccccc23)=C1. The van der Waals surface area contributed by atoms with Crippen LogP contribution in [0.2, 0.25) is 0 Å². The molecule has 0 N–H and O–H groups in total. The number of benzene rings is 6. The smallest absolute Gasteiger partial charge is 0.180 e. The third-order valence-electron chi connectivity index (χ3n) is 10.4. The minimum absolute atomic E-state index is 0.252. The van der Waals surface area contributed by atoms with E-state index in [4.69, 9.17) is 14.4 Å². The highest BCUT2D eigenvalue weighted by atomic mass is 32.1. The maximum absolute atomic E-state index is 6.55. The molecule has 4 heterocycles. The van der Waals surface area contributed by atoms with Crippen molar-refractivity contribution in [1.82, 2.24) is 9.97 Å². The van der Waals surface area contributed by atoms with Crippen molar-refractivity contribution < 1.29 is 4.42 Å². The van der Waals surface area contributed by atoms with Gasteiger partial charge < -0.3 is 4.42 Å². The quantitative estimate of drug-likeness (QED) is 0.185. The van der Waals surface area contributed by atoms with Gasteiger partial charge in [-0.15, -0.1) is 22.7 Å². The van der Waals surface area contributed by atoms with E-state index in [-0.39, 0.29) is 5.92 Å². The van der Waals surface area contributed by atoms with Gasteiger partial charge in [-0.25, -0.2) is 9.97 Å². The Kier molecular flexibility index (Phi) is 6.42. The van der Waals surface area contributed by atoms with Gasteiger partial charge in [0.25, 0.3) is 0 Å². The number of thiophene rings is 2. The Balaban J connectivity index is 0.959. The predicted octanol–water partition coefficient (Wildman–Crippen LogP) is 13.6. The van der Waals surface area contributed by atoms with E-state index in [1.807, 2.05) is 22.7 Å². The third-order valence-corrected chi connectivity index (χ3v) is 12.8. The van der Waals surface area contributed by atoms with E-state index in [0.29, 0.717) is 0 Å². The molecular formula is C46H28N2OS2. The van der Waals surface area contributed by atoms with Crippen molar-refractivity contribution in [2.45, 2.75) is 12.3 Å². The lowest BCUT2D eigenvalue weighted by molar-refractivity contribution is 0.667. The number of fused-ring (bicyclic) bond motifs is 9. The number of rotatable bonds is 4. The van der Waals surface area contributed by atoms with Crippen molar-refractivity contribution in [1.29, 1.82) is 0 Å². The van der Waals surface area contributed by atoms with Crippen LogP contribution in [0, 0.1) is 0 Å². The second-order valence-corrected chi connectivity index (χ2v) is 15.4. The summed E-state index contributed by atoms with van der Waals surface area (Å²) in [5.41, 5.74) is 10.6. The van der Waals surface area contributed by atoms with Crippen LogP contribution in [0.25, 0.3) is 90.4 Å². The van der Waals surface area contributed by atoms with E-state index in [9.17, 15) is 0 Å². The van der Waals surface area contributed by atoms with E-state index in [0.717, 1.165) is 45.3 Å². The molecule has 240 valence electrons. The zero-order chi connectivity index (χ0) is 33.5. The summed E-state index contributed by atoms with van der Waals surface area (Å²) in [5, 5.41) is 6.27. The fourth-order valence-corrected chi connectivity index (χ4v) is 10.4. The molecule has 0 radical (unpaired) electrons. The first-order valence-corrected chi connectivity index (χ1v) is 18.9. The summed E-state index contributed by atoms with van der Waals surface area (Å²) in [6.07, 6.45) is 9.44. The van der Waals surface area contributed by atoms with Gasteiger partial charge in [-0.2, -0.15) is 0 Å². The second-order valence-electron chi connectivity index (χ2n) is 13.3. The molecule has 3 nitrogen and oxygen atoms in total. The zero-order valence-corrected chi connectivity index (χ0v) is 29.0. The maximum atomic E-state index is 6.55. The van der Waals surface area contributed by atoms with Gasteiger partial charge in [-0.05, 0) is 64.6 Å². The number of hydrogen-bond acceptors (Lipinski definition) is 5. The van der Waals surface area contributed by atoms with Crippen LogP contribution in [0.1, 0.15) is 23.5 Å². The van der Waals surface area contributed by atoms with Gasteiger partial charge in [-0.1, -0.05) is 115 Å². The predicted molar refractivity (Wildman–Crippen MR) is 217 cm³/mol. The average Bonchev–Trinajstić information content (AvgIpc) is 3.89. The molecule has 4 aromatic heterocycles. The first-order chi connectivity index (χ1) is 25.3. The zero-order valence-electron chi connectivity index (χ0n) is 27.3. The minimum atomic E-state index is 0.252. The van der Waals surface area contributed by atoms with E-state index < -0.39 is 0 Å². The number of aromatic nitrogens is 2. The van der Waals surface area contributed by atoms with Crippen LogP contribution < -0.4 is 0 Å². The van der Waals surface area contributed by atoms with Gasteiger partial charge in [0.15, 0.2) is 5.58 Å². The largest absolute Gasteiger partial charge is 0.452 e. The molecule has 51 heavy (non-hydrogen) atoms. The number of nitrogens with zero attached hydrogens (tertiary/aromatic N) is 2. The number of hydrogen-bond donors (Lipinski definition) is 0. The first kappa shape index (κ1) is 28.9. The highest BCUT2D eigenvalue weighted by Crippen LogP contribution is 2.44. The summed E-state index contributed by atoms with van der Waals surface area (Å²) in [6.45, 7) is 0. The van der Waals surface area contributed by atoms with Crippen molar-refractivity contribution in [2.24, 2.45) is 0 Å². The Labute approximate surface area is 301 Å². The molecule has 1 atom stereocenters. The molecule has 0 spiro atoms. The first-order valence-electron chi connectivity index (χ1n) is 17.2. The van der Waals surface area contributed by atoms with Gasteiger partial charge in [-0.3, -0.25) is 0 Å². The molecule has 6 aromatic carbocycles. The van der Waals surface area contributed by atoms with Gasteiger partial charge in [0, 0.05) is 57.2 Å². The Bertz CT molecular complexity index is 3080. The fraction of sp³-hybridized carbons (Fsp3) is 0.0435. The molecule has 0 fully saturated rings. The van der Waals surface area contributed by atoms with Crippen molar-refractivity contribution in [3.8, 4) is 22.4 Å². The molecule has 10 aromatic rings. The minimum Gasteiger partial charge on any atom is -0.452 e. The Morgan fingerprint density at radius 1 is 0.588 bits per heavy atom. The lowest BCUT2D eigenvalue weighted by Crippen LogP contribution is -2.01. The van der Waals surface area contributed by atoms with Crippen molar-refractivity contribution >= 4 is 90.7 Å². The van der Waals surface area contributed by atoms with Gasteiger partial charge in [0.05, 0.1) is 0 Å². The lowest BCUT2D eigenvalue weighted by Gasteiger charge is -2.20. The monoisotopic (exact) mass is 688 g/mol. The molecule has 11 rings (SSSR count). The molecular weight excluding hydrogens is 661 g/mol. The summed E-state index contributed by atoms with van der Waals surface area (Å²) in [5.74, 6) is 0.252. The Hall–Kier alpha value is -5.88. The van der Waals surface area contributed by atoms with E-state index in [1.165, 1.54) is 62.6 Å². The van der Waals surface area contributed by atoms with Crippen LogP contribution in [-0.4, -0.2) is 9.97 Å². The van der Waals surface area contributed by atoms with Crippen LogP contribution in [0.5, 0.6) is 0 Å². The highest BCUT2D eigenvalue weighted by Gasteiger charge is 2.21. The van der Waals surface area contributed by atoms with Crippen molar-refractivity contribution in [3.63, 3.8) is 0 Å². The number of furan rings is 1. The summed E-state index contributed by atoms with van der Waals surface area (Å²) in [7, 11) is 0. The molecule has 0 amide bonds. The fourth-order valence-electron chi connectivity index (χ4n) is 7.95. The molecule has 5 heteroatoms.